The van der Waals surface area contributed by atoms with Gasteiger partial charge in [-0.25, -0.2) is 0 Å². The van der Waals surface area contributed by atoms with Crippen molar-refractivity contribution in [3.63, 3.8) is 0 Å². The number of hydrogen-bond donors (Lipinski definition) is 2. The lowest BCUT2D eigenvalue weighted by Crippen LogP contribution is -2.22. The zero-order chi connectivity index (χ0) is 15.6. The zero-order valence-electron chi connectivity index (χ0n) is 11.4. The summed E-state index contributed by atoms with van der Waals surface area (Å²) in [5.74, 6) is -0.530. The summed E-state index contributed by atoms with van der Waals surface area (Å²) in [6, 6.07) is 10.3. The molecule has 4 N–H and O–H groups in total. The molecule has 1 amide bonds. The summed E-state index contributed by atoms with van der Waals surface area (Å²) in [6.45, 7) is 0.492. The van der Waals surface area contributed by atoms with Gasteiger partial charge in [0.05, 0.1) is 5.56 Å². The molecule has 0 aliphatic carbocycles. The minimum Gasteiger partial charge on any atom is -0.399 e. The van der Waals surface area contributed by atoms with E-state index in [1.807, 2.05) is 11.9 Å². The van der Waals surface area contributed by atoms with Crippen molar-refractivity contribution in [3.05, 3.63) is 57.6 Å². The van der Waals surface area contributed by atoms with Gasteiger partial charge in [-0.05, 0) is 42.0 Å². The van der Waals surface area contributed by atoms with Gasteiger partial charge in [-0.15, -0.1) is 0 Å². The lowest BCUT2D eigenvalue weighted by molar-refractivity contribution is 0.100. The van der Waals surface area contributed by atoms with Crippen molar-refractivity contribution in [3.8, 4) is 0 Å². The average molecular weight is 324 g/mol. The number of nitrogens with zero attached hydrogens (tertiary/aromatic N) is 1. The lowest BCUT2D eigenvalue weighted by atomic mass is 10.1. The van der Waals surface area contributed by atoms with E-state index in [1.54, 1.807) is 36.4 Å². The molecule has 0 aromatic heterocycles. The van der Waals surface area contributed by atoms with E-state index in [2.05, 4.69) is 0 Å². The predicted molar refractivity (Wildman–Crippen MR) is 87.9 cm³/mol. The molecule has 0 unspecified atom stereocenters. The molecule has 0 saturated heterocycles. The minimum absolute atomic E-state index is 0.366. The number of amides is 1. The van der Waals surface area contributed by atoms with Crippen LogP contribution in [0.3, 0.4) is 0 Å². The third kappa shape index (κ3) is 3.60. The Morgan fingerprint density at radius 1 is 1.19 bits per heavy atom. The lowest BCUT2D eigenvalue weighted by Gasteiger charge is -2.22. The van der Waals surface area contributed by atoms with Gasteiger partial charge in [0.1, 0.15) is 0 Å². The van der Waals surface area contributed by atoms with Crippen molar-refractivity contribution in [2.24, 2.45) is 5.73 Å². The standard InChI is InChI=1S/C15H15Cl2N3O/c1-20(8-9-6-11(18)3-4-13(9)17)14-5-2-10(16)7-12(14)15(19)21/h2-7H,8,18H2,1H3,(H2,19,21). The van der Waals surface area contributed by atoms with Crippen LogP contribution in [0, 0.1) is 0 Å². The topological polar surface area (TPSA) is 72.3 Å². The summed E-state index contributed by atoms with van der Waals surface area (Å²) in [5, 5.41) is 1.08. The zero-order valence-corrected chi connectivity index (χ0v) is 12.9. The molecule has 0 saturated carbocycles. The van der Waals surface area contributed by atoms with Crippen LogP contribution in [0.25, 0.3) is 0 Å². The maximum Gasteiger partial charge on any atom is 0.250 e. The first kappa shape index (κ1) is 15.5. The number of anilines is 2. The molecule has 0 aliphatic heterocycles. The van der Waals surface area contributed by atoms with Crippen molar-refractivity contribution in [1.82, 2.24) is 0 Å². The van der Waals surface area contributed by atoms with Gasteiger partial charge in [0.25, 0.3) is 5.91 Å². The summed E-state index contributed by atoms with van der Waals surface area (Å²) in [6.07, 6.45) is 0. The van der Waals surface area contributed by atoms with E-state index in [4.69, 9.17) is 34.7 Å². The molecule has 2 aromatic rings. The van der Waals surface area contributed by atoms with Gasteiger partial charge in [0.15, 0.2) is 0 Å². The van der Waals surface area contributed by atoms with E-state index >= 15 is 0 Å². The van der Waals surface area contributed by atoms with Crippen LogP contribution >= 0.6 is 23.2 Å². The second-order valence-corrected chi connectivity index (χ2v) is 5.58. The molecule has 0 bridgehead atoms. The maximum absolute atomic E-state index is 11.5. The third-order valence-electron chi connectivity index (χ3n) is 3.11. The minimum atomic E-state index is -0.530. The number of nitrogens with two attached hydrogens (primary N) is 2. The van der Waals surface area contributed by atoms with Crippen molar-refractivity contribution in [2.45, 2.75) is 6.54 Å². The molecule has 21 heavy (non-hydrogen) atoms. The second-order valence-electron chi connectivity index (χ2n) is 4.73. The number of nitrogen functional groups attached to an aromatic ring is 1. The maximum atomic E-state index is 11.5. The Balaban J connectivity index is 2.34. The fraction of sp³-hybridized carbons (Fsp3) is 0.133. The van der Waals surface area contributed by atoms with Crippen LogP contribution in [0.2, 0.25) is 10.0 Å². The van der Waals surface area contributed by atoms with Gasteiger partial charge in [-0.1, -0.05) is 23.2 Å². The molecule has 4 nitrogen and oxygen atoms in total. The first-order valence-corrected chi connectivity index (χ1v) is 6.98. The van der Waals surface area contributed by atoms with Crippen molar-refractivity contribution < 1.29 is 4.79 Å². The Labute approximate surface area is 133 Å². The second kappa shape index (κ2) is 6.24. The highest BCUT2D eigenvalue weighted by molar-refractivity contribution is 6.31. The van der Waals surface area contributed by atoms with E-state index in [0.717, 1.165) is 5.56 Å². The SMILES string of the molecule is CN(Cc1cc(N)ccc1Cl)c1ccc(Cl)cc1C(N)=O. The van der Waals surface area contributed by atoms with E-state index in [1.165, 1.54) is 0 Å². The molecule has 0 fully saturated rings. The Kier molecular flexibility index (Phi) is 4.60. The highest BCUT2D eigenvalue weighted by Crippen LogP contribution is 2.27. The number of carbonyl (C=O) groups excluding carboxylic acids is 1. The van der Waals surface area contributed by atoms with Crippen molar-refractivity contribution in [1.29, 1.82) is 0 Å². The van der Waals surface area contributed by atoms with Gasteiger partial charge in [-0.2, -0.15) is 0 Å². The molecule has 2 rings (SSSR count). The molecule has 0 atom stereocenters. The summed E-state index contributed by atoms with van der Waals surface area (Å²) in [5.41, 5.74) is 13.7. The Bertz CT molecular complexity index is 689. The molecule has 0 radical (unpaired) electrons. The largest absolute Gasteiger partial charge is 0.399 e. The molecule has 110 valence electrons. The molecule has 0 spiro atoms. The van der Waals surface area contributed by atoms with Crippen LogP contribution in [-0.4, -0.2) is 13.0 Å². The molecular weight excluding hydrogens is 309 g/mol. The summed E-state index contributed by atoms with van der Waals surface area (Å²) in [4.78, 5) is 13.4. The van der Waals surface area contributed by atoms with Crippen LogP contribution in [0.4, 0.5) is 11.4 Å². The Morgan fingerprint density at radius 3 is 2.57 bits per heavy atom. The Hall–Kier alpha value is -1.91. The van der Waals surface area contributed by atoms with Crippen LogP contribution in [0.1, 0.15) is 15.9 Å². The number of primary amides is 1. The quantitative estimate of drug-likeness (QED) is 0.848. The normalized spacial score (nSPS) is 10.4. The van der Waals surface area contributed by atoms with Gasteiger partial charge in [0, 0.05) is 35.0 Å². The van der Waals surface area contributed by atoms with E-state index in [-0.39, 0.29) is 0 Å². The van der Waals surface area contributed by atoms with Crippen LogP contribution in [0.5, 0.6) is 0 Å². The summed E-state index contributed by atoms with van der Waals surface area (Å²) < 4.78 is 0. The summed E-state index contributed by atoms with van der Waals surface area (Å²) >= 11 is 12.1. The third-order valence-corrected chi connectivity index (χ3v) is 3.72. The number of hydrogen-bond acceptors (Lipinski definition) is 3. The van der Waals surface area contributed by atoms with Crippen molar-refractivity contribution in [2.75, 3.05) is 17.7 Å². The van der Waals surface area contributed by atoms with Crippen LogP contribution < -0.4 is 16.4 Å². The Morgan fingerprint density at radius 2 is 1.90 bits per heavy atom. The molecule has 0 aliphatic rings. The van der Waals surface area contributed by atoms with E-state index in [9.17, 15) is 4.79 Å². The highest BCUT2D eigenvalue weighted by Gasteiger charge is 2.14. The highest BCUT2D eigenvalue weighted by atomic mass is 35.5. The number of benzene rings is 2. The first-order chi connectivity index (χ1) is 9.88. The van der Waals surface area contributed by atoms with Gasteiger partial charge < -0.3 is 16.4 Å². The molecular formula is C15H15Cl2N3O. The van der Waals surface area contributed by atoms with E-state index < -0.39 is 5.91 Å². The van der Waals surface area contributed by atoms with Crippen LogP contribution in [-0.2, 0) is 6.54 Å². The first-order valence-electron chi connectivity index (χ1n) is 6.23. The fourth-order valence-corrected chi connectivity index (χ4v) is 2.44. The number of halogens is 2. The number of carbonyl (C=O) groups is 1. The fourth-order valence-electron chi connectivity index (χ4n) is 2.10. The van der Waals surface area contributed by atoms with Gasteiger partial charge in [-0.3, -0.25) is 4.79 Å². The molecule has 0 heterocycles. The van der Waals surface area contributed by atoms with Crippen molar-refractivity contribution >= 4 is 40.5 Å². The number of rotatable bonds is 4. The van der Waals surface area contributed by atoms with Gasteiger partial charge >= 0.3 is 0 Å². The predicted octanol–water partition coefficient (Wildman–Crippen LogP) is 3.31. The van der Waals surface area contributed by atoms with Crippen LogP contribution in [0.15, 0.2) is 36.4 Å². The molecule has 6 heteroatoms. The van der Waals surface area contributed by atoms with E-state index in [0.29, 0.717) is 33.5 Å². The molecule has 2 aromatic carbocycles. The average Bonchev–Trinajstić information content (AvgIpc) is 2.42. The summed E-state index contributed by atoms with van der Waals surface area (Å²) in [7, 11) is 1.84. The monoisotopic (exact) mass is 323 g/mol. The van der Waals surface area contributed by atoms with Gasteiger partial charge in [0.2, 0.25) is 0 Å². The smallest absolute Gasteiger partial charge is 0.250 e.